The number of hydrogen-bond acceptors (Lipinski definition) is 6. The van der Waals surface area contributed by atoms with E-state index >= 15 is 0 Å². The smallest absolute Gasteiger partial charge is 0.255 e. The summed E-state index contributed by atoms with van der Waals surface area (Å²) >= 11 is 6.30. The van der Waals surface area contributed by atoms with Crippen molar-refractivity contribution in [2.24, 2.45) is 0 Å². The Morgan fingerprint density at radius 3 is 2.76 bits per heavy atom. The number of rotatable bonds is 7. The number of aromatic nitrogens is 2. The number of amides is 2. The molecule has 0 spiro atoms. The molecule has 8 nitrogen and oxygen atoms in total. The highest BCUT2D eigenvalue weighted by Crippen LogP contribution is 2.32. The van der Waals surface area contributed by atoms with E-state index in [0.717, 1.165) is 16.7 Å². The maximum Gasteiger partial charge on any atom is 0.255 e. The number of nitrogens with zero attached hydrogens (tertiary/aromatic N) is 3. The van der Waals surface area contributed by atoms with E-state index in [1.165, 1.54) is 11.1 Å². The zero-order valence-corrected chi connectivity index (χ0v) is 19.9. The van der Waals surface area contributed by atoms with Gasteiger partial charge in [-0.15, -0.1) is 0 Å². The monoisotopic (exact) mass is 479 g/mol. The number of aryl methyl sites for hydroxylation is 1. The minimum atomic E-state index is -0.722. The van der Waals surface area contributed by atoms with Gasteiger partial charge in [-0.3, -0.25) is 9.59 Å². The summed E-state index contributed by atoms with van der Waals surface area (Å²) in [5, 5.41) is 16.0. The number of carbonyl (C=O) groups excluding carboxylic acids is 2. The lowest BCUT2D eigenvalue weighted by molar-refractivity contribution is -0.126. The van der Waals surface area contributed by atoms with Crippen molar-refractivity contribution in [2.75, 3.05) is 19.0 Å². The topological polar surface area (TPSA) is 107 Å². The van der Waals surface area contributed by atoms with Crippen molar-refractivity contribution in [3.63, 3.8) is 0 Å². The number of anilines is 1. The molecular formula is C25H26ClN5O3. The van der Waals surface area contributed by atoms with Crippen LogP contribution in [0.4, 0.5) is 5.95 Å². The molecule has 0 fully saturated rings. The van der Waals surface area contributed by atoms with Crippen LogP contribution in [0.5, 0.6) is 0 Å². The molecule has 1 aliphatic heterocycles. The summed E-state index contributed by atoms with van der Waals surface area (Å²) < 4.78 is 0. The van der Waals surface area contributed by atoms with Gasteiger partial charge in [-0.05, 0) is 31.0 Å². The van der Waals surface area contributed by atoms with Crippen LogP contribution in [-0.2, 0) is 11.3 Å². The minimum Gasteiger partial charge on any atom is -0.394 e. The van der Waals surface area contributed by atoms with E-state index in [4.69, 9.17) is 11.6 Å². The van der Waals surface area contributed by atoms with Gasteiger partial charge in [-0.25, -0.2) is 9.97 Å². The zero-order valence-electron chi connectivity index (χ0n) is 19.2. The third kappa shape index (κ3) is 4.60. The van der Waals surface area contributed by atoms with Crippen LogP contribution in [0.25, 0.3) is 11.3 Å². The molecule has 34 heavy (non-hydrogen) atoms. The Labute approximate surface area is 203 Å². The maximum absolute atomic E-state index is 13.2. The van der Waals surface area contributed by atoms with Gasteiger partial charge in [-0.1, -0.05) is 53.6 Å². The fraction of sp³-hybridized carbons (Fsp3) is 0.280. The summed E-state index contributed by atoms with van der Waals surface area (Å²) in [6.07, 6.45) is 1.51. The molecule has 1 aliphatic rings. The molecule has 3 N–H and O–H groups in total. The molecule has 0 bridgehead atoms. The van der Waals surface area contributed by atoms with Gasteiger partial charge in [-0.2, -0.15) is 0 Å². The SMILES string of the molecule is CNc1ncc(Cl)c(-c2ccc3c(c2)C(=O)N([C@H](C)C(=O)N[C@H](CO)c2cccc(C)c2)C3)n1. The summed E-state index contributed by atoms with van der Waals surface area (Å²) in [5.41, 5.74) is 4.39. The first kappa shape index (κ1) is 23.7. The lowest BCUT2D eigenvalue weighted by atomic mass is 10.0. The molecule has 176 valence electrons. The molecule has 0 saturated carbocycles. The first-order valence-corrected chi connectivity index (χ1v) is 11.3. The van der Waals surface area contributed by atoms with Crippen LogP contribution in [0.3, 0.4) is 0 Å². The normalized spacial score (nSPS) is 14.5. The van der Waals surface area contributed by atoms with E-state index in [1.54, 1.807) is 20.0 Å². The number of benzene rings is 2. The van der Waals surface area contributed by atoms with Crippen LogP contribution < -0.4 is 10.6 Å². The average Bonchev–Trinajstić information content (AvgIpc) is 3.17. The molecule has 4 rings (SSSR count). The van der Waals surface area contributed by atoms with E-state index < -0.39 is 12.1 Å². The highest BCUT2D eigenvalue weighted by atomic mass is 35.5. The number of hydrogen-bond donors (Lipinski definition) is 3. The minimum absolute atomic E-state index is 0.241. The van der Waals surface area contributed by atoms with E-state index in [2.05, 4.69) is 20.6 Å². The standard InChI is InChI=1S/C25H26ClN5O3/c1-14-5-4-6-16(9-14)21(13-32)29-23(33)15(2)31-12-18-8-7-17(10-19(18)24(31)34)22-20(26)11-28-25(27-3)30-22/h4-11,15,21,32H,12-13H2,1-3H3,(H,29,33)(H,27,28,30)/t15-,21-/m1/s1. The van der Waals surface area contributed by atoms with Gasteiger partial charge in [0.2, 0.25) is 11.9 Å². The number of fused-ring (bicyclic) bond motifs is 1. The van der Waals surface area contributed by atoms with E-state index in [-0.39, 0.29) is 18.4 Å². The predicted octanol–water partition coefficient (Wildman–Crippen LogP) is 3.34. The second-order valence-electron chi connectivity index (χ2n) is 8.28. The first-order valence-electron chi connectivity index (χ1n) is 10.9. The fourth-order valence-corrected chi connectivity index (χ4v) is 4.23. The van der Waals surface area contributed by atoms with Gasteiger partial charge < -0.3 is 20.6 Å². The lowest BCUT2D eigenvalue weighted by Crippen LogP contribution is -2.46. The quantitative estimate of drug-likeness (QED) is 0.479. The molecule has 2 heterocycles. The molecular weight excluding hydrogens is 454 g/mol. The van der Waals surface area contributed by atoms with Gasteiger partial charge in [0, 0.05) is 24.7 Å². The van der Waals surface area contributed by atoms with Crippen LogP contribution in [-0.4, -0.2) is 51.5 Å². The summed E-state index contributed by atoms with van der Waals surface area (Å²) in [7, 11) is 1.71. The summed E-state index contributed by atoms with van der Waals surface area (Å²) in [6, 6.07) is 11.8. The van der Waals surface area contributed by atoms with Crippen LogP contribution in [0, 0.1) is 6.92 Å². The number of nitrogens with one attached hydrogen (secondary N) is 2. The van der Waals surface area contributed by atoms with E-state index in [9.17, 15) is 14.7 Å². The first-order chi connectivity index (χ1) is 16.3. The maximum atomic E-state index is 13.2. The Hall–Kier alpha value is -3.49. The molecule has 0 aliphatic carbocycles. The number of aliphatic hydroxyl groups is 1. The lowest BCUT2D eigenvalue weighted by Gasteiger charge is -2.26. The van der Waals surface area contributed by atoms with Crippen LogP contribution in [0.2, 0.25) is 5.02 Å². The van der Waals surface area contributed by atoms with Gasteiger partial charge in [0.05, 0.1) is 29.6 Å². The van der Waals surface area contributed by atoms with Crippen molar-refractivity contribution in [2.45, 2.75) is 32.5 Å². The molecule has 2 amide bonds. The molecule has 0 radical (unpaired) electrons. The molecule has 0 saturated heterocycles. The Balaban J connectivity index is 1.53. The van der Waals surface area contributed by atoms with Crippen LogP contribution >= 0.6 is 11.6 Å². The van der Waals surface area contributed by atoms with Crippen LogP contribution in [0.15, 0.2) is 48.7 Å². The van der Waals surface area contributed by atoms with Gasteiger partial charge >= 0.3 is 0 Å². The van der Waals surface area contributed by atoms with Crippen molar-refractivity contribution in [1.29, 1.82) is 0 Å². The Morgan fingerprint density at radius 2 is 2.06 bits per heavy atom. The van der Waals surface area contributed by atoms with Crippen molar-refractivity contribution in [3.8, 4) is 11.3 Å². The van der Waals surface area contributed by atoms with Gasteiger partial charge in [0.15, 0.2) is 0 Å². The number of halogens is 1. The third-order valence-corrected chi connectivity index (χ3v) is 6.25. The second kappa shape index (κ2) is 9.79. The zero-order chi connectivity index (χ0) is 24.4. The number of carbonyl (C=O) groups is 2. The fourth-order valence-electron chi connectivity index (χ4n) is 4.03. The molecule has 0 unspecified atom stereocenters. The average molecular weight is 480 g/mol. The van der Waals surface area contributed by atoms with Gasteiger partial charge in [0.1, 0.15) is 6.04 Å². The van der Waals surface area contributed by atoms with Crippen LogP contribution in [0.1, 0.15) is 40.0 Å². The Morgan fingerprint density at radius 1 is 1.26 bits per heavy atom. The molecule has 1 aromatic heterocycles. The Bertz CT molecular complexity index is 1250. The van der Waals surface area contributed by atoms with Crippen molar-refractivity contribution in [3.05, 3.63) is 75.9 Å². The molecule has 2 aromatic carbocycles. The van der Waals surface area contributed by atoms with E-state index in [1.807, 2.05) is 43.3 Å². The van der Waals surface area contributed by atoms with Gasteiger partial charge in [0.25, 0.3) is 5.91 Å². The molecule has 9 heteroatoms. The second-order valence-corrected chi connectivity index (χ2v) is 8.69. The highest BCUT2D eigenvalue weighted by Gasteiger charge is 2.35. The summed E-state index contributed by atoms with van der Waals surface area (Å²) in [4.78, 5) is 36.2. The largest absolute Gasteiger partial charge is 0.394 e. The third-order valence-electron chi connectivity index (χ3n) is 5.97. The van der Waals surface area contributed by atoms with Crippen molar-refractivity contribution in [1.82, 2.24) is 20.2 Å². The Kier molecular flexibility index (Phi) is 6.81. The summed E-state index contributed by atoms with van der Waals surface area (Å²) in [5.74, 6) is -0.153. The van der Waals surface area contributed by atoms with Crippen molar-refractivity contribution < 1.29 is 14.7 Å². The van der Waals surface area contributed by atoms with E-state index in [0.29, 0.717) is 34.3 Å². The molecule has 2 atom stereocenters. The van der Waals surface area contributed by atoms with Crippen molar-refractivity contribution >= 4 is 29.4 Å². The predicted molar refractivity (Wildman–Crippen MR) is 131 cm³/mol. The highest BCUT2D eigenvalue weighted by molar-refractivity contribution is 6.33. The molecule has 3 aromatic rings. The number of aliphatic hydroxyl groups excluding tert-OH is 1. The summed E-state index contributed by atoms with van der Waals surface area (Å²) in [6.45, 7) is 3.71.